The number of anilines is 1. The van der Waals surface area contributed by atoms with E-state index in [1.165, 1.54) is 7.11 Å². The van der Waals surface area contributed by atoms with Crippen LogP contribution in [0, 0.1) is 11.3 Å². The van der Waals surface area contributed by atoms with Crippen molar-refractivity contribution in [1.82, 2.24) is 9.88 Å². The molecule has 1 amide bonds. The quantitative estimate of drug-likeness (QED) is 0.808. The van der Waals surface area contributed by atoms with E-state index < -0.39 is 6.04 Å². The van der Waals surface area contributed by atoms with Crippen molar-refractivity contribution in [2.75, 3.05) is 44.8 Å². The molecule has 1 aromatic rings. The van der Waals surface area contributed by atoms with E-state index in [-0.39, 0.29) is 12.5 Å². The van der Waals surface area contributed by atoms with Gasteiger partial charge in [0, 0.05) is 39.5 Å². The van der Waals surface area contributed by atoms with Crippen LogP contribution in [0.25, 0.3) is 0 Å². The maximum absolute atomic E-state index is 12.1. The highest BCUT2D eigenvalue weighted by atomic mass is 16.5. The number of pyridine rings is 1. The van der Waals surface area contributed by atoms with E-state index in [9.17, 15) is 4.79 Å². The first kappa shape index (κ1) is 15.2. The molecule has 2 rings (SSSR count). The lowest BCUT2D eigenvalue weighted by Gasteiger charge is -2.36. The Balaban J connectivity index is 1.94. The molecule has 0 radical (unpaired) electrons. The van der Waals surface area contributed by atoms with E-state index in [2.05, 4.69) is 16.0 Å². The summed E-state index contributed by atoms with van der Waals surface area (Å²) in [5, 5.41) is 8.91. The zero-order chi connectivity index (χ0) is 15.2. The number of amides is 1. The molecule has 1 atom stereocenters. The van der Waals surface area contributed by atoms with Crippen LogP contribution >= 0.6 is 0 Å². The maximum atomic E-state index is 12.1. The number of methoxy groups -OCH3 is 1. The summed E-state index contributed by atoms with van der Waals surface area (Å²) in [5.74, 6) is 0.678. The van der Waals surface area contributed by atoms with Crippen LogP contribution in [0.4, 0.5) is 5.82 Å². The average molecular weight is 289 g/mol. The van der Waals surface area contributed by atoms with Crippen LogP contribution < -0.4 is 10.6 Å². The molecule has 1 aliphatic heterocycles. The fourth-order valence-corrected chi connectivity index (χ4v) is 2.30. The summed E-state index contributed by atoms with van der Waals surface area (Å²) < 4.78 is 4.91. The second-order valence-corrected chi connectivity index (χ2v) is 4.89. The maximum Gasteiger partial charge on any atom is 0.241 e. The number of hydrogen-bond acceptors (Lipinski definition) is 6. The molecular weight excluding hydrogens is 270 g/mol. The van der Waals surface area contributed by atoms with Crippen LogP contribution in [-0.4, -0.2) is 61.7 Å². The van der Waals surface area contributed by atoms with Crippen molar-refractivity contribution in [3.63, 3.8) is 0 Å². The Hall–Kier alpha value is -2.17. The third-order valence-electron chi connectivity index (χ3n) is 3.45. The van der Waals surface area contributed by atoms with Crippen LogP contribution in [0.3, 0.4) is 0 Å². The van der Waals surface area contributed by atoms with Gasteiger partial charge in [0.25, 0.3) is 0 Å². The predicted molar refractivity (Wildman–Crippen MR) is 77.6 cm³/mol. The molecule has 0 bridgehead atoms. The molecule has 1 fully saturated rings. The highest BCUT2D eigenvalue weighted by Crippen LogP contribution is 2.15. The number of aromatic nitrogens is 1. The van der Waals surface area contributed by atoms with Gasteiger partial charge in [0.05, 0.1) is 18.2 Å². The summed E-state index contributed by atoms with van der Waals surface area (Å²) in [6.45, 7) is 2.76. The van der Waals surface area contributed by atoms with Crippen molar-refractivity contribution in [1.29, 1.82) is 5.26 Å². The average Bonchev–Trinajstić information content (AvgIpc) is 2.54. The Morgan fingerprint density at radius 1 is 1.52 bits per heavy atom. The molecule has 21 heavy (non-hydrogen) atoms. The number of rotatable bonds is 4. The Bertz CT molecular complexity index is 534. The van der Waals surface area contributed by atoms with Gasteiger partial charge >= 0.3 is 0 Å². The summed E-state index contributed by atoms with van der Waals surface area (Å²) in [4.78, 5) is 20.2. The lowest BCUT2D eigenvalue weighted by molar-refractivity contribution is -0.134. The largest absolute Gasteiger partial charge is 0.383 e. The highest BCUT2D eigenvalue weighted by Gasteiger charge is 2.25. The van der Waals surface area contributed by atoms with Crippen LogP contribution in [0.1, 0.15) is 5.56 Å². The highest BCUT2D eigenvalue weighted by molar-refractivity contribution is 5.82. The molecule has 0 aliphatic carbocycles. The van der Waals surface area contributed by atoms with Gasteiger partial charge in [0.1, 0.15) is 11.9 Å². The molecule has 1 aromatic heterocycles. The van der Waals surface area contributed by atoms with Gasteiger partial charge in [-0.3, -0.25) is 4.79 Å². The molecule has 1 unspecified atom stereocenters. The lowest BCUT2D eigenvalue weighted by Crippen LogP contribution is -2.54. The third-order valence-corrected chi connectivity index (χ3v) is 3.45. The number of nitrogens with two attached hydrogens (primary N) is 1. The minimum atomic E-state index is -0.610. The van der Waals surface area contributed by atoms with Gasteiger partial charge in [-0.05, 0) is 12.1 Å². The van der Waals surface area contributed by atoms with Crippen LogP contribution in [0.5, 0.6) is 0 Å². The Kier molecular flexibility index (Phi) is 5.09. The van der Waals surface area contributed by atoms with Gasteiger partial charge < -0.3 is 20.3 Å². The van der Waals surface area contributed by atoms with Gasteiger partial charge in [0.15, 0.2) is 0 Å². The summed E-state index contributed by atoms with van der Waals surface area (Å²) in [7, 11) is 1.53. The summed E-state index contributed by atoms with van der Waals surface area (Å²) in [6.07, 6.45) is 1.62. The molecule has 0 aromatic carbocycles. The molecular formula is C14H19N5O2. The molecule has 0 spiro atoms. The van der Waals surface area contributed by atoms with Crippen LogP contribution in [0.15, 0.2) is 18.3 Å². The van der Waals surface area contributed by atoms with Gasteiger partial charge in [-0.15, -0.1) is 0 Å². The van der Waals surface area contributed by atoms with E-state index >= 15 is 0 Å². The van der Waals surface area contributed by atoms with Crippen LogP contribution in [0.2, 0.25) is 0 Å². The topological polar surface area (TPSA) is 95.5 Å². The number of carbonyl (C=O) groups is 1. The first-order valence-electron chi connectivity index (χ1n) is 6.80. The number of ether oxygens (including phenoxy) is 1. The van der Waals surface area contributed by atoms with Gasteiger partial charge in [-0.2, -0.15) is 5.26 Å². The van der Waals surface area contributed by atoms with E-state index in [0.717, 1.165) is 5.82 Å². The van der Waals surface area contributed by atoms with E-state index in [4.69, 9.17) is 15.7 Å². The zero-order valence-electron chi connectivity index (χ0n) is 12.0. The van der Waals surface area contributed by atoms with Gasteiger partial charge in [0.2, 0.25) is 5.91 Å². The van der Waals surface area contributed by atoms with Crippen LogP contribution in [-0.2, 0) is 9.53 Å². The number of carbonyl (C=O) groups excluding carboxylic acids is 1. The first-order chi connectivity index (χ1) is 10.2. The SMILES string of the molecule is COCC(N)C(=O)N1CCN(c2cc(C#N)ccn2)CC1. The van der Waals surface area contributed by atoms with Crippen molar-refractivity contribution < 1.29 is 9.53 Å². The summed E-state index contributed by atoms with van der Waals surface area (Å²) in [5.41, 5.74) is 6.35. The number of nitriles is 1. The fourth-order valence-electron chi connectivity index (χ4n) is 2.30. The van der Waals surface area contributed by atoms with Crippen molar-refractivity contribution in [2.45, 2.75) is 6.04 Å². The van der Waals surface area contributed by atoms with E-state index in [1.54, 1.807) is 23.2 Å². The van der Waals surface area contributed by atoms with Crippen molar-refractivity contribution >= 4 is 11.7 Å². The van der Waals surface area contributed by atoms with E-state index in [1.807, 2.05) is 0 Å². The Labute approximate surface area is 123 Å². The van der Waals surface area contributed by atoms with Crippen molar-refractivity contribution in [3.05, 3.63) is 23.9 Å². The number of nitrogens with zero attached hydrogens (tertiary/aromatic N) is 4. The Morgan fingerprint density at radius 2 is 2.24 bits per heavy atom. The number of hydrogen-bond donors (Lipinski definition) is 1. The monoisotopic (exact) mass is 289 g/mol. The van der Waals surface area contributed by atoms with Crippen molar-refractivity contribution in [3.8, 4) is 6.07 Å². The minimum absolute atomic E-state index is 0.0877. The van der Waals surface area contributed by atoms with Gasteiger partial charge in [-0.25, -0.2) is 4.98 Å². The molecule has 7 heteroatoms. The number of piperazine rings is 1. The predicted octanol–water partition coefficient (Wildman–Crippen LogP) is -0.424. The van der Waals surface area contributed by atoms with Crippen molar-refractivity contribution in [2.24, 2.45) is 5.73 Å². The normalized spacial score (nSPS) is 16.4. The standard InChI is InChI=1S/C14H19N5O2/c1-21-10-12(16)14(20)19-6-4-18(5-7-19)13-8-11(9-15)2-3-17-13/h2-3,8,12H,4-7,10,16H2,1H3. The lowest BCUT2D eigenvalue weighted by atomic mass is 10.2. The zero-order valence-corrected chi connectivity index (χ0v) is 12.0. The molecule has 0 saturated carbocycles. The molecule has 1 saturated heterocycles. The second-order valence-electron chi connectivity index (χ2n) is 4.89. The smallest absolute Gasteiger partial charge is 0.241 e. The first-order valence-corrected chi connectivity index (χ1v) is 6.80. The van der Waals surface area contributed by atoms with E-state index in [0.29, 0.717) is 31.7 Å². The third kappa shape index (κ3) is 3.68. The minimum Gasteiger partial charge on any atom is -0.383 e. The molecule has 112 valence electrons. The van der Waals surface area contributed by atoms with Gasteiger partial charge in [-0.1, -0.05) is 0 Å². The second kappa shape index (κ2) is 7.02. The molecule has 2 heterocycles. The fraction of sp³-hybridized carbons (Fsp3) is 0.500. The molecule has 7 nitrogen and oxygen atoms in total. The summed E-state index contributed by atoms with van der Waals surface area (Å²) in [6, 6.07) is 4.92. The molecule has 2 N–H and O–H groups in total. The summed E-state index contributed by atoms with van der Waals surface area (Å²) >= 11 is 0. The Morgan fingerprint density at radius 3 is 2.86 bits per heavy atom. The molecule has 1 aliphatic rings.